The molecule has 1 aliphatic heterocycles. The van der Waals surface area contributed by atoms with Gasteiger partial charge in [-0.3, -0.25) is 19.6 Å². The Morgan fingerprint density at radius 1 is 1.48 bits per heavy atom. The van der Waals surface area contributed by atoms with Crippen molar-refractivity contribution in [3.05, 3.63) is 17.5 Å². The number of aromatic amines is 1. The first-order valence-corrected chi connectivity index (χ1v) is 7.88. The minimum absolute atomic E-state index is 0.185. The highest BCUT2D eigenvalue weighted by atomic mass is 16.2. The molecule has 2 heterocycles. The van der Waals surface area contributed by atoms with Crippen LogP contribution in [0.4, 0.5) is 4.79 Å². The predicted octanol–water partition coefficient (Wildman–Crippen LogP) is 0.309. The van der Waals surface area contributed by atoms with Crippen LogP contribution in [0.3, 0.4) is 0 Å². The molecule has 8 heteroatoms. The van der Waals surface area contributed by atoms with E-state index in [9.17, 15) is 14.4 Å². The van der Waals surface area contributed by atoms with Gasteiger partial charge in [0.1, 0.15) is 12.1 Å². The molecule has 2 aliphatic rings. The van der Waals surface area contributed by atoms with E-state index in [0.717, 1.165) is 35.6 Å². The summed E-state index contributed by atoms with van der Waals surface area (Å²) in [6.45, 7) is 3.75. The minimum atomic E-state index is -0.850. The maximum absolute atomic E-state index is 12.4. The number of imide groups is 1. The number of nitrogens with zero attached hydrogens (tertiary/aromatic N) is 2. The first-order chi connectivity index (χ1) is 10.9. The molecule has 1 saturated carbocycles. The SMILES string of the molecule is CCc1cc(CNC(=O)CN2C(=O)NC(C)(C3CC3)C2=O)[nH]n1. The van der Waals surface area contributed by atoms with Crippen LogP contribution in [0.15, 0.2) is 6.07 Å². The number of urea groups is 1. The second-order valence-corrected chi connectivity index (χ2v) is 6.31. The fourth-order valence-electron chi connectivity index (χ4n) is 2.87. The molecule has 3 N–H and O–H groups in total. The summed E-state index contributed by atoms with van der Waals surface area (Å²) in [5, 5.41) is 12.3. The fourth-order valence-corrected chi connectivity index (χ4v) is 2.87. The summed E-state index contributed by atoms with van der Waals surface area (Å²) in [5.41, 5.74) is 0.857. The van der Waals surface area contributed by atoms with Gasteiger partial charge in [-0.1, -0.05) is 6.92 Å². The Balaban J connectivity index is 1.55. The van der Waals surface area contributed by atoms with Crippen LogP contribution in [-0.2, 0) is 22.6 Å². The van der Waals surface area contributed by atoms with E-state index in [4.69, 9.17) is 0 Å². The van der Waals surface area contributed by atoms with Crippen LogP contribution in [0.2, 0.25) is 0 Å². The second-order valence-electron chi connectivity index (χ2n) is 6.31. The van der Waals surface area contributed by atoms with Gasteiger partial charge in [0.2, 0.25) is 5.91 Å². The van der Waals surface area contributed by atoms with Crippen molar-refractivity contribution in [1.82, 2.24) is 25.7 Å². The average molecular weight is 319 g/mol. The normalized spacial score (nSPS) is 24.0. The standard InChI is InChI=1S/C15H21N5O3/c1-3-10-6-11(19-18-10)7-16-12(21)8-20-13(22)15(2,9-4-5-9)17-14(20)23/h6,9H,3-5,7-8H2,1-2H3,(H,16,21)(H,17,23)(H,18,19). The molecule has 124 valence electrons. The number of rotatable bonds is 6. The topological polar surface area (TPSA) is 107 Å². The van der Waals surface area contributed by atoms with Crippen LogP contribution in [0.5, 0.6) is 0 Å². The van der Waals surface area contributed by atoms with Crippen molar-refractivity contribution in [3.63, 3.8) is 0 Å². The van der Waals surface area contributed by atoms with Crippen LogP contribution in [0.1, 0.15) is 38.1 Å². The lowest BCUT2D eigenvalue weighted by Gasteiger charge is -2.20. The highest BCUT2D eigenvalue weighted by Gasteiger charge is 2.56. The van der Waals surface area contributed by atoms with Gasteiger partial charge in [0.25, 0.3) is 5.91 Å². The quantitative estimate of drug-likeness (QED) is 0.656. The molecule has 8 nitrogen and oxygen atoms in total. The minimum Gasteiger partial charge on any atom is -0.349 e. The fraction of sp³-hybridized carbons (Fsp3) is 0.600. The van der Waals surface area contributed by atoms with Gasteiger partial charge in [0, 0.05) is 0 Å². The number of H-pyrrole nitrogens is 1. The third-order valence-corrected chi connectivity index (χ3v) is 4.52. The van der Waals surface area contributed by atoms with Crippen LogP contribution in [-0.4, -0.2) is 45.0 Å². The zero-order valence-electron chi connectivity index (χ0n) is 13.3. The summed E-state index contributed by atoms with van der Waals surface area (Å²) in [5.74, 6) is -0.499. The molecule has 0 radical (unpaired) electrons. The lowest BCUT2D eigenvalue weighted by atomic mass is 9.96. The van der Waals surface area contributed by atoms with Gasteiger partial charge in [-0.15, -0.1) is 0 Å². The first kappa shape index (κ1) is 15.5. The van der Waals surface area contributed by atoms with Crippen molar-refractivity contribution in [3.8, 4) is 0 Å². The number of aryl methyl sites for hydroxylation is 1. The van der Waals surface area contributed by atoms with E-state index in [1.807, 2.05) is 13.0 Å². The Labute approximate surface area is 134 Å². The lowest BCUT2D eigenvalue weighted by Crippen LogP contribution is -2.46. The molecular weight excluding hydrogens is 298 g/mol. The van der Waals surface area contributed by atoms with E-state index in [1.165, 1.54) is 0 Å². The van der Waals surface area contributed by atoms with E-state index in [-0.39, 0.29) is 30.8 Å². The molecule has 23 heavy (non-hydrogen) atoms. The number of nitrogens with one attached hydrogen (secondary N) is 3. The molecule has 1 aliphatic carbocycles. The largest absolute Gasteiger partial charge is 0.349 e. The zero-order valence-corrected chi connectivity index (χ0v) is 13.3. The lowest BCUT2D eigenvalue weighted by molar-refractivity contribution is -0.135. The van der Waals surface area contributed by atoms with Crippen molar-refractivity contribution >= 4 is 17.8 Å². The smallest absolute Gasteiger partial charge is 0.325 e. The summed E-state index contributed by atoms with van der Waals surface area (Å²) < 4.78 is 0. The molecule has 1 aromatic rings. The number of hydrogen-bond donors (Lipinski definition) is 3. The zero-order chi connectivity index (χ0) is 16.6. The van der Waals surface area contributed by atoms with Gasteiger partial charge in [-0.05, 0) is 38.2 Å². The van der Waals surface area contributed by atoms with E-state index < -0.39 is 11.6 Å². The van der Waals surface area contributed by atoms with Crippen molar-refractivity contribution in [1.29, 1.82) is 0 Å². The summed E-state index contributed by atoms with van der Waals surface area (Å²) in [6.07, 6.45) is 2.68. The van der Waals surface area contributed by atoms with Crippen LogP contribution in [0.25, 0.3) is 0 Å². The Morgan fingerprint density at radius 2 is 2.22 bits per heavy atom. The van der Waals surface area contributed by atoms with Crippen molar-refractivity contribution in [2.24, 2.45) is 5.92 Å². The maximum atomic E-state index is 12.4. The number of carbonyl (C=O) groups is 3. The molecule has 1 atom stereocenters. The molecule has 1 aromatic heterocycles. The van der Waals surface area contributed by atoms with E-state index in [2.05, 4.69) is 20.8 Å². The Morgan fingerprint density at radius 3 is 2.83 bits per heavy atom. The molecule has 1 unspecified atom stereocenters. The third kappa shape index (κ3) is 2.93. The summed E-state index contributed by atoms with van der Waals surface area (Å²) >= 11 is 0. The molecule has 1 saturated heterocycles. The van der Waals surface area contributed by atoms with Crippen LogP contribution >= 0.6 is 0 Å². The average Bonchev–Trinajstić information content (AvgIpc) is 3.24. The Kier molecular flexibility index (Phi) is 3.83. The molecule has 0 aromatic carbocycles. The Hall–Kier alpha value is -2.38. The number of carbonyl (C=O) groups excluding carboxylic acids is 3. The monoisotopic (exact) mass is 319 g/mol. The molecule has 4 amide bonds. The number of hydrogen-bond acceptors (Lipinski definition) is 4. The summed E-state index contributed by atoms with van der Waals surface area (Å²) in [4.78, 5) is 37.4. The molecular formula is C15H21N5O3. The van der Waals surface area contributed by atoms with Gasteiger partial charge < -0.3 is 10.6 Å². The number of aromatic nitrogens is 2. The van der Waals surface area contributed by atoms with E-state index in [0.29, 0.717) is 0 Å². The molecule has 2 fully saturated rings. The highest BCUT2D eigenvalue weighted by molar-refractivity contribution is 6.09. The van der Waals surface area contributed by atoms with Gasteiger partial charge in [-0.2, -0.15) is 5.10 Å². The molecule has 0 bridgehead atoms. The van der Waals surface area contributed by atoms with E-state index in [1.54, 1.807) is 6.92 Å². The number of amides is 4. The predicted molar refractivity (Wildman–Crippen MR) is 81.2 cm³/mol. The first-order valence-electron chi connectivity index (χ1n) is 7.88. The molecule has 3 rings (SSSR count). The van der Waals surface area contributed by atoms with Gasteiger partial charge in [0.05, 0.1) is 17.9 Å². The maximum Gasteiger partial charge on any atom is 0.325 e. The second kappa shape index (κ2) is 5.68. The highest BCUT2D eigenvalue weighted by Crippen LogP contribution is 2.42. The molecule has 0 spiro atoms. The van der Waals surface area contributed by atoms with Crippen molar-refractivity contribution < 1.29 is 14.4 Å². The van der Waals surface area contributed by atoms with Crippen LogP contribution < -0.4 is 10.6 Å². The Bertz CT molecular complexity index is 651. The van der Waals surface area contributed by atoms with Crippen LogP contribution in [0, 0.1) is 5.92 Å². The van der Waals surface area contributed by atoms with Gasteiger partial charge in [0.15, 0.2) is 0 Å². The van der Waals surface area contributed by atoms with Gasteiger partial charge >= 0.3 is 6.03 Å². The van der Waals surface area contributed by atoms with Gasteiger partial charge in [-0.25, -0.2) is 4.79 Å². The summed E-state index contributed by atoms with van der Waals surface area (Å²) in [7, 11) is 0. The third-order valence-electron chi connectivity index (χ3n) is 4.52. The van der Waals surface area contributed by atoms with Crippen molar-refractivity contribution in [2.75, 3.05) is 6.54 Å². The van der Waals surface area contributed by atoms with E-state index >= 15 is 0 Å². The summed E-state index contributed by atoms with van der Waals surface area (Å²) in [6, 6.07) is 1.38. The van der Waals surface area contributed by atoms with Crippen molar-refractivity contribution in [2.45, 2.75) is 45.2 Å².